The normalized spacial score (nSPS) is 16.2. The zero-order valence-electron chi connectivity index (χ0n) is 10.9. The Bertz CT molecular complexity index is 394. The first kappa shape index (κ1) is 16.9. The molecule has 0 amide bonds. The van der Waals surface area contributed by atoms with Gasteiger partial charge in [-0.25, -0.2) is 0 Å². The summed E-state index contributed by atoms with van der Waals surface area (Å²) in [6.07, 6.45) is -6.42. The van der Waals surface area contributed by atoms with Gasteiger partial charge in [-0.3, -0.25) is 0 Å². The van der Waals surface area contributed by atoms with E-state index in [0.29, 0.717) is 4.90 Å². The lowest BCUT2D eigenvalue weighted by Crippen LogP contribution is -2.45. The summed E-state index contributed by atoms with van der Waals surface area (Å²) in [5, 5.41) is 0. The van der Waals surface area contributed by atoms with Gasteiger partial charge in [0.2, 0.25) is 0 Å². The van der Waals surface area contributed by atoms with Crippen LogP contribution in [0.5, 0.6) is 0 Å². The van der Waals surface area contributed by atoms with Gasteiger partial charge < -0.3 is 4.43 Å². The summed E-state index contributed by atoms with van der Waals surface area (Å²) in [6, 6.07) is 8.76. The maximum Gasteiger partial charge on any atom is 0.415 e. The van der Waals surface area contributed by atoms with Crippen LogP contribution in [0, 0.1) is 0 Å². The smallest absolute Gasteiger partial charge is 0.404 e. The Kier molecular flexibility index (Phi) is 5.79. The predicted octanol–water partition coefficient (Wildman–Crippen LogP) is 5.13. The highest BCUT2D eigenvalue weighted by Crippen LogP contribution is 2.38. The molecule has 0 aliphatic carbocycles. The summed E-state index contributed by atoms with van der Waals surface area (Å²) in [5.74, 6) is 0. The van der Waals surface area contributed by atoms with Crippen molar-refractivity contribution in [3.05, 3.63) is 30.3 Å². The zero-order valence-corrected chi connectivity index (χ0v) is 13.4. The molecule has 1 nitrogen and oxygen atoms in total. The van der Waals surface area contributed by atoms with Gasteiger partial charge in [0.05, 0.1) is 0 Å². The van der Waals surface area contributed by atoms with Crippen LogP contribution in [0.15, 0.2) is 35.2 Å². The van der Waals surface area contributed by atoms with Crippen LogP contribution in [-0.2, 0) is 4.43 Å². The monoisotopic (exact) mass is 328 g/mol. The summed E-state index contributed by atoms with van der Waals surface area (Å²) in [5.41, 5.74) is 0. The molecule has 0 fully saturated rings. The largest absolute Gasteiger partial charge is 0.415 e. The third-order valence-electron chi connectivity index (χ3n) is 2.03. The summed E-state index contributed by atoms with van der Waals surface area (Å²) in [4.78, 5) is 0.691. The molecule has 19 heavy (non-hydrogen) atoms. The SMILES string of the molecule is C[Si](C)(C)OC(C(Cl)Sc1ccccc1)C(F)(F)F. The first-order valence-electron chi connectivity index (χ1n) is 5.70. The van der Waals surface area contributed by atoms with E-state index in [1.807, 2.05) is 0 Å². The van der Waals surface area contributed by atoms with Crippen molar-refractivity contribution in [3.8, 4) is 0 Å². The molecule has 0 N–H and O–H groups in total. The Morgan fingerprint density at radius 2 is 1.68 bits per heavy atom. The molecule has 1 rings (SSSR count). The number of alkyl halides is 4. The van der Waals surface area contributed by atoms with Crippen LogP contribution in [-0.4, -0.2) is 25.3 Å². The fourth-order valence-corrected chi connectivity index (χ4v) is 3.97. The van der Waals surface area contributed by atoms with E-state index in [1.54, 1.807) is 50.0 Å². The fourth-order valence-electron chi connectivity index (χ4n) is 1.34. The Hall–Kier alpha value is -0.173. The molecule has 0 saturated carbocycles. The lowest BCUT2D eigenvalue weighted by molar-refractivity contribution is -0.192. The van der Waals surface area contributed by atoms with Crippen LogP contribution in [0.3, 0.4) is 0 Å². The van der Waals surface area contributed by atoms with E-state index in [9.17, 15) is 13.2 Å². The van der Waals surface area contributed by atoms with Crippen LogP contribution in [0.4, 0.5) is 13.2 Å². The molecule has 0 heterocycles. The standard InChI is InChI=1S/C12H16ClF3OSSi/c1-19(2,3)17-10(12(14,15)16)11(13)18-9-7-5-4-6-8-9/h4-8,10-11H,1-3H3. The number of benzene rings is 1. The Morgan fingerprint density at radius 1 is 1.16 bits per heavy atom. The molecule has 108 valence electrons. The van der Waals surface area contributed by atoms with Gasteiger partial charge >= 0.3 is 6.18 Å². The zero-order chi connectivity index (χ0) is 14.7. The van der Waals surface area contributed by atoms with E-state index in [1.165, 1.54) is 0 Å². The van der Waals surface area contributed by atoms with Gasteiger partial charge in [-0.05, 0) is 31.8 Å². The van der Waals surface area contributed by atoms with Crippen LogP contribution in [0.2, 0.25) is 19.6 Å². The highest BCUT2D eigenvalue weighted by Gasteiger charge is 2.47. The maximum atomic E-state index is 13.0. The van der Waals surface area contributed by atoms with E-state index in [4.69, 9.17) is 16.0 Å². The average molecular weight is 329 g/mol. The Morgan fingerprint density at radius 3 is 2.11 bits per heavy atom. The third kappa shape index (κ3) is 6.20. The maximum absolute atomic E-state index is 13.0. The number of halogens is 4. The van der Waals surface area contributed by atoms with Crippen molar-refractivity contribution in [2.75, 3.05) is 0 Å². The molecular formula is C12H16ClF3OSSi. The van der Waals surface area contributed by atoms with Gasteiger partial charge in [0.25, 0.3) is 0 Å². The molecular weight excluding hydrogens is 313 g/mol. The molecule has 0 radical (unpaired) electrons. The van der Waals surface area contributed by atoms with Crippen LogP contribution >= 0.6 is 23.4 Å². The molecule has 2 atom stereocenters. The van der Waals surface area contributed by atoms with Gasteiger partial charge in [-0.2, -0.15) is 13.2 Å². The van der Waals surface area contributed by atoms with Crippen LogP contribution < -0.4 is 0 Å². The molecule has 1 aromatic rings. The van der Waals surface area contributed by atoms with Gasteiger partial charge in [0.15, 0.2) is 14.4 Å². The Labute approximate surface area is 121 Å². The number of thioether (sulfide) groups is 1. The number of rotatable bonds is 5. The second-order valence-electron chi connectivity index (χ2n) is 4.97. The Balaban J connectivity index is 2.81. The second-order valence-corrected chi connectivity index (χ2v) is 11.4. The highest BCUT2D eigenvalue weighted by atomic mass is 35.5. The molecule has 0 aliphatic rings. The molecule has 0 bridgehead atoms. The van der Waals surface area contributed by atoms with Gasteiger partial charge in [-0.1, -0.05) is 18.2 Å². The minimum Gasteiger partial charge on any atom is -0.404 e. The van der Waals surface area contributed by atoms with E-state index < -0.39 is 25.3 Å². The second kappa shape index (κ2) is 6.52. The molecule has 0 aromatic heterocycles. The molecule has 0 spiro atoms. The van der Waals surface area contributed by atoms with Gasteiger partial charge in [0.1, 0.15) is 4.71 Å². The molecule has 0 aliphatic heterocycles. The minimum absolute atomic E-state index is 0.691. The lowest BCUT2D eigenvalue weighted by atomic mass is 10.4. The summed E-state index contributed by atoms with van der Waals surface area (Å²) >= 11 is 6.87. The summed E-state index contributed by atoms with van der Waals surface area (Å²) < 4.78 is 43.0. The van der Waals surface area contributed by atoms with E-state index >= 15 is 0 Å². The minimum atomic E-state index is -4.46. The highest BCUT2D eigenvalue weighted by molar-refractivity contribution is 8.01. The van der Waals surface area contributed by atoms with Crippen molar-refractivity contribution in [1.29, 1.82) is 0 Å². The first-order chi connectivity index (χ1) is 8.59. The third-order valence-corrected chi connectivity index (χ3v) is 4.51. The van der Waals surface area contributed by atoms with Crippen molar-refractivity contribution >= 4 is 31.7 Å². The summed E-state index contributed by atoms with van der Waals surface area (Å²) in [6.45, 7) is 5.13. The quantitative estimate of drug-likeness (QED) is 0.421. The molecule has 7 heteroatoms. The van der Waals surface area contributed by atoms with E-state index in [-0.39, 0.29) is 0 Å². The average Bonchev–Trinajstić information content (AvgIpc) is 2.24. The molecule has 2 unspecified atom stereocenters. The predicted molar refractivity (Wildman–Crippen MR) is 76.2 cm³/mol. The first-order valence-corrected chi connectivity index (χ1v) is 10.4. The van der Waals surface area contributed by atoms with Crippen molar-refractivity contribution < 1.29 is 17.6 Å². The van der Waals surface area contributed by atoms with Crippen molar-refractivity contribution in [3.63, 3.8) is 0 Å². The van der Waals surface area contributed by atoms with E-state index in [2.05, 4.69) is 0 Å². The summed E-state index contributed by atoms with van der Waals surface area (Å²) in [7, 11) is -2.33. The van der Waals surface area contributed by atoms with Gasteiger partial charge in [0, 0.05) is 4.90 Å². The topological polar surface area (TPSA) is 9.23 Å². The molecule has 1 aromatic carbocycles. The lowest BCUT2D eigenvalue weighted by Gasteiger charge is -2.30. The van der Waals surface area contributed by atoms with Crippen molar-refractivity contribution in [1.82, 2.24) is 0 Å². The number of hydrogen-bond donors (Lipinski definition) is 0. The number of hydrogen-bond acceptors (Lipinski definition) is 2. The molecule has 0 saturated heterocycles. The van der Waals surface area contributed by atoms with Crippen LogP contribution in [0.25, 0.3) is 0 Å². The van der Waals surface area contributed by atoms with Gasteiger partial charge in [-0.15, -0.1) is 23.4 Å². The fraction of sp³-hybridized carbons (Fsp3) is 0.500. The van der Waals surface area contributed by atoms with E-state index in [0.717, 1.165) is 11.8 Å². The van der Waals surface area contributed by atoms with Crippen molar-refractivity contribution in [2.45, 2.75) is 41.5 Å². The van der Waals surface area contributed by atoms with Crippen LogP contribution in [0.1, 0.15) is 0 Å². The van der Waals surface area contributed by atoms with Crippen molar-refractivity contribution in [2.24, 2.45) is 0 Å².